The first-order valence-corrected chi connectivity index (χ1v) is 15.9. The summed E-state index contributed by atoms with van der Waals surface area (Å²) in [6, 6.07) is 7.87. The van der Waals surface area contributed by atoms with Gasteiger partial charge in [-0.1, -0.05) is 11.6 Å². The van der Waals surface area contributed by atoms with Crippen molar-refractivity contribution in [2.75, 3.05) is 26.2 Å². The van der Waals surface area contributed by atoms with E-state index in [9.17, 15) is 27.6 Å². The summed E-state index contributed by atoms with van der Waals surface area (Å²) in [7, 11) is -3.81. The number of benzene rings is 2. The molecule has 3 aliphatic rings. The Bertz CT molecular complexity index is 1600. The van der Waals surface area contributed by atoms with Crippen molar-refractivity contribution in [2.45, 2.75) is 57.6 Å². The molecule has 0 saturated carbocycles. The average Bonchev–Trinajstić information content (AvgIpc) is 3.27. The maximum atomic E-state index is 13.2. The normalized spacial score (nSPS) is 20.4. The predicted octanol–water partition coefficient (Wildman–Crippen LogP) is 3.92. The second-order valence-corrected chi connectivity index (χ2v) is 14.0. The van der Waals surface area contributed by atoms with Crippen LogP contribution in [0.25, 0.3) is 6.08 Å². The summed E-state index contributed by atoms with van der Waals surface area (Å²) in [6.45, 7) is 6.57. The van der Waals surface area contributed by atoms with Gasteiger partial charge in [0.2, 0.25) is 10.0 Å². The summed E-state index contributed by atoms with van der Waals surface area (Å²) in [5.74, 6) is -0.408. The van der Waals surface area contributed by atoms with E-state index in [4.69, 9.17) is 11.6 Å². The van der Waals surface area contributed by atoms with Crippen LogP contribution in [0.2, 0.25) is 5.02 Å². The molecule has 43 heavy (non-hydrogen) atoms. The van der Waals surface area contributed by atoms with E-state index in [-0.39, 0.29) is 54.4 Å². The molecule has 5 rings (SSSR count). The molecular weight excluding hydrogens is 599 g/mol. The SMILES string of the molecule is Cc1cc(C(=O)N2CCC(C)(O)CC2)cc(C)c1/C=C/S(=O)(=O)N1CCC2(CC1)N=C(c1ccc(Cl)c(OF)c1)NC2=O. The molecule has 0 bridgehead atoms. The molecule has 13 heteroatoms. The number of aliphatic hydroxyl groups is 1. The Labute approximate surface area is 255 Å². The second-order valence-electron chi connectivity index (χ2n) is 11.7. The summed E-state index contributed by atoms with van der Waals surface area (Å²) in [6.07, 6.45) is 2.93. The number of likely N-dealkylation sites (tertiary alicyclic amines) is 1. The Balaban J connectivity index is 1.26. The van der Waals surface area contributed by atoms with E-state index in [1.807, 2.05) is 13.8 Å². The smallest absolute Gasteiger partial charge is 0.253 e. The number of aryl methyl sites for hydroxylation is 2. The van der Waals surface area contributed by atoms with Crippen LogP contribution in [0.4, 0.5) is 4.53 Å². The lowest BCUT2D eigenvalue weighted by Crippen LogP contribution is -2.50. The van der Waals surface area contributed by atoms with Crippen molar-refractivity contribution in [3.8, 4) is 5.75 Å². The first kappa shape index (κ1) is 31.1. The lowest BCUT2D eigenvalue weighted by Gasteiger charge is -2.36. The van der Waals surface area contributed by atoms with Gasteiger partial charge >= 0.3 is 0 Å². The van der Waals surface area contributed by atoms with Crippen LogP contribution in [0.1, 0.15) is 65.2 Å². The van der Waals surface area contributed by atoms with Crippen molar-refractivity contribution in [1.82, 2.24) is 14.5 Å². The van der Waals surface area contributed by atoms with Crippen molar-refractivity contribution in [2.24, 2.45) is 4.99 Å². The van der Waals surface area contributed by atoms with Gasteiger partial charge in [-0.25, -0.2) is 8.42 Å². The zero-order valence-electron chi connectivity index (χ0n) is 24.2. The van der Waals surface area contributed by atoms with Crippen LogP contribution < -0.4 is 10.3 Å². The van der Waals surface area contributed by atoms with Crippen LogP contribution in [-0.2, 0) is 14.8 Å². The average molecular weight is 633 g/mol. The van der Waals surface area contributed by atoms with Gasteiger partial charge < -0.3 is 15.3 Å². The standard InChI is InChI=1S/C30H34ClFN4O6S/c1-19-16-22(27(37)35-11-7-29(3,39)8-12-35)17-20(2)23(19)6-15-43(40,41)36-13-9-30(10-14-36)28(38)33-26(34-30)21-4-5-24(31)25(18-21)42-32/h4-6,15-18,39H,7-14H2,1-3H3,(H,33,34,38)/b15-6+. The van der Waals surface area contributed by atoms with Crippen LogP contribution in [-0.4, -0.2) is 77.7 Å². The molecule has 0 unspecified atom stereocenters. The third kappa shape index (κ3) is 6.33. The molecule has 0 atom stereocenters. The molecule has 0 radical (unpaired) electrons. The fourth-order valence-corrected chi connectivity index (χ4v) is 7.11. The third-order valence-corrected chi connectivity index (χ3v) is 10.4. The molecule has 2 fully saturated rings. The Morgan fingerprint density at radius 3 is 2.33 bits per heavy atom. The highest BCUT2D eigenvalue weighted by molar-refractivity contribution is 7.92. The fourth-order valence-electron chi connectivity index (χ4n) is 5.79. The minimum atomic E-state index is -3.81. The predicted molar refractivity (Wildman–Crippen MR) is 161 cm³/mol. The minimum absolute atomic E-state index is 0.0701. The van der Waals surface area contributed by atoms with E-state index in [0.29, 0.717) is 42.6 Å². The van der Waals surface area contributed by atoms with E-state index < -0.39 is 21.2 Å². The second kappa shape index (κ2) is 11.6. The van der Waals surface area contributed by atoms with E-state index in [2.05, 4.69) is 15.3 Å². The summed E-state index contributed by atoms with van der Waals surface area (Å²) in [5, 5.41) is 14.1. The number of rotatable bonds is 6. The van der Waals surface area contributed by atoms with Gasteiger partial charge in [0.05, 0.1) is 10.6 Å². The van der Waals surface area contributed by atoms with Crippen molar-refractivity contribution in [3.63, 3.8) is 0 Å². The van der Waals surface area contributed by atoms with Crippen molar-refractivity contribution >= 4 is 45.4 Å². The zero-order valence-corrected chi connectivity index (χ0v) is 25.8. The number of hydrogen-bond acceptors (Lipinski definition) is 7. The van der Waals surface area contributed by atoms with Gasteiger partial charge in [-0.05, 0) is 99.6 Å². The number of nitrogens with zero attached hydrogens (tertiary/aromatic N) is 3. The molecular formula is C30H34ClFN4O6S. The Morgan fingerprint density at radius 1 is 1.09 bits per heavy atom. The molecule has 2 N–H and O–H groups in total. The largest absolute Gasteiger partial charge is 0.390 e. The number of aliphatic imine (C=N–C) groups is 1. The van der Waals surface area contributed by atoms with Crippen LogP contribution >= 0.6 is 11.6 Å². The molecule has 2 saturated heterocycles. The van der Waals surface area contributed by atoms with Gasteiger partial charge in [-0.2, -0.15) is 4.31 Å². The van der Waals surface area contributed by atoms with Gasteiger partial charge in [0.25, 0.3) is 11.8 Å². The summed E-state index contributed by atoms with van der Waals surface area (Å²) in [4.78, 5) is 36.1. The molecule has 2 amide bonds. The summed E-state index contributed by atoms with van der Waals surface area (Å²) in [5.41, 5.74) is 1.31. The van der Waals surface area contributed by atoms with Crippen LogP contribution in [0, 0.1) is 13.8 Å². The molecule has 0 aliphatic carbocycles. The number of halogens is 2. The van der Waals surface area contributed by atoms with Gasteiger partial charge in [-0.3, -0.25) is 19.5 Å². The minimum Gasteiger partial charge on any atom is -0.390 e. The van der Waals surface area contributed by atoms with E-state index in [0.717, 1.165) is 16.5 Å². The quantitative estimate of drug-likeness (QED) is 0.497. The number of nitrogens with one attached hydrogen (secondary N) is 1. The van der Waals surface area contributed by atoms with Crippen molar-refractivity contribution in [3.05, 3.63) is 68.6 Å². The van der Waals surface area contributed by atoms with Crippen LogP contribution in [0.15, 0.2) is 40.7 Å². The molecule has 1 spiro atoms. The number of sulfonamides is 1. The Hall–Kier alpha value is -3.32. The molecule has 230 valence electrons. The van der Waals surface area contributed by atoms with E-state index in [1.165, 1.54) is 16.4 Å². The number of amides is 2. The molecule has 10 nitrogen and oxygen atoms in total. The molecule has 0 aromatic heterocycles. The Morgan fingerprint density at radius 2 is 1.72 bits per heavy atom. The summed E-state index contributed by atoms with van der Waals surface area (Å²) >= 11 is 5.89. The first-order chi connectivity index (χ1) is 20.2. The topological polar surface area (TPSA) is 129 Å². The van der Waals surface area contributed by atoms with Crippen molar-refractivity contribution < 1.29 is 32.6 Å². The van der Waals surface area contributed by atoms with Gasteiger partial charge in [0, 0.05) is 47.2 Å². The van der Waals surface area contributed by atoms with Gasteiger partial charge in [0.15, 0.2) is 5.75 Å². The molecule has 2 aromatic rings. The zero-order chi connectivity index (χ0) is 31.2. The number of carbonyl (C=O) groups excluding carboxylic acids is 2. The highest BCUT2D eigenvalue weighted by Crippen LogP contribution is 2.34. The maximum absolute atomic E-state index is 13.2. The molecule has 3 aliphatic heterocycles. The first-order valence-electron chi connectivity index (χ1n) is 14.0. The van der Waals surface area contributed by atoms with E-state index in [1.54, 1.807) is 36.1 Å². The van der Waals surface area contributed by atoms with Crippen molar-refractivity contribution in [1.29, 1.82) is 0 Å². The Kier molecular flexibility index (Phi) is 8.42. The number of amidine groups is 1. The maximum Gasteiger partial charge on any atom is 0.253 e. The van der Waals surface area contributed by atoms with E-state index >= 15 is 0 Å². The molecule has 3 heterocycles. The fraction of sp³-hybridized carbons (Fsp3) is 0.433. The summed E-state index contributed by atoms with van der Waals surface area (Å²) < 4.78 is 40.6. The van der Waals surface area contributed by atoms with Crippen LogP contribution in [0.5, 0.6) is 5.75 Å². The monoisotopic (exact) mass is 632 g/mol. The number of hydrogen-bond donors (Lipinski definition) is 2. The van der Waals surface area contributed by atoms with Gasteiger partial charge in [0.1, 0.15) is 11.4 Å². The van der Waals surface area contributed by atoms with Gasteiger partial charge in [-0.15, -0.1) is 0 Å². The lowest BCUT2D eigenvalue weighted by molar-refractivity contribution is -0.124. The number of carbonyl (C=O) groups is 2. The molecule has 2 aromatic carbocycles. The third-order valence-electron chi connectivity index (χ3n) is 8.55. The highest BCUT2D eigenvalue weighted by Gasteiger charge is 2.47. The van der Waals surface area contributed by atoms with Crippen LogP contribution in [0.3, 0.4) is 0 Å². The highest BCUT2D eigenvalue weighted by atomic mass is 35.5. The lowest BCUT2D eigenvalue weighted by atomic mass is 9.89. The number of piperidine rings is 2.